The van der Waals surface area contributed by atoms with E-state index in [4.69, 9.17) is 19.5 Å². The minimum Gasteiger partial charge on any atom is -0.508 e. The lowest BCUT2D eigenvalue weighted by atomic mass is 9.88. The van der Waals surface area contributed by atoms with Crippen LogP contribution in [0, 0.1) is 22.7 Å². The standard InChI is InChI=1S/C30H39N3O8S/c1-30(2,14-6-15-31)20-33(42(37,38)23-11-9-22(34)10-12-23)18-26(35)25(17-21-7-4-3-5-8-21)32-29(36)41-27-19-40-28-24(27)13-16-39-28/h3-5,7-12,24-28,34-35H,6,13-14,16-20H2,1-2H3,(H,32,36). The van der Waals surface area contributed by atoms with Gasteiger partial charge < -0.3 is 29.7 Å². The maximum absolute atomic E-state index is 13.8. The van der Waals surface area contributed by atoms with Crippen molar-refractivity contribution in [2.24, 2.45) is 11.3 Å². The Balaban J connectivity index is 1.56. The van der Waals surface area contributed by atoms with Crippen molar-refractivity contribution >= 4 is 16.1 Å². The van der Waals surface area contributed by atoms with Crippen LogP contribution in [0.25, 0.3) is 0 Å². The second-order valence-electron chi connectivity index (χ2n) is 11.6. The number of nitrogens with zero attached hydrogens (tertiary/aromatic N) is 2. The Labute approximate surface area is 247 Å². The number of phenols is 1. The molecule has 0 bridgehead atoms. The molecule has 12 heteroatoms. The number of carbonyl (C=O) groups excluding carboxylic acids is 1. The average molecular weight is 602 g/mol. The van der Waals surface area contributed by atoms with Crippen LogP contribution in [0.4, 0.5) is 4.79 Å². The second kappa shape index (κ2) is 13.8. The Hall–Kier alpha value is -3.21. The SMILES string of the molecule is CC(C)(CCC#N)CN(CC(O)C(Cc1ccccc1)NC(=O)OC1COC2OCCC12)S(=O)(=O)c1ccc(O)cc1. The van der Waals surface area contributed by atoms with E-state index in [9.17, 15) is 23.4 Å². The maximum atomic E-state index is 13.8. The summed E-state index contributed by atoms with van der Waals surface area (Å²) >= 11 is 0. The van der Waals surface area contributed by atoms with Gasteiger partial charge in [0.05, 0.1) is 42.2 Å². The van der Waals surface area contributed by atoms with Gasteiger partial charge in [-0.3, -0.25) is 0 Å². The number of alkyl carbamates (subject to hydrolysis) is 1. The summed E-state index contributed by atoms with van der Waals surface area (Å²) in [5, 5.41) is 33.1. The van der Waals surface area contributed by atoms with Gasteiger partial charge in [-0.1, -0.05) is 44.2 Å². The zero-order valence-corrected chi connectivity index (χ0v) is 24.7. The number of ether oxygens (including phenoxy) is 3. The number of sulfonamides is 1. The molecule has 42 heavy (non-hydrogen) atoms. The molecule has 0 spiro atoms. The molecule has 0 saturated carbocycles. The van der Waals surface area contributed by atoms with Crippen LogP contribution in [0.15, 0.2) is 59.5 Å². The summed E-state index contributed by atoms with van der Waals surface area (Å²) in [5.41, 5.74) is 0.237. The summed E-state index contributed by atoms with van der Waals surface area (Å²) in [6.45, 7) is 4.14. The summed E-state index contributed by atoms with van der Waals surface area (Å²) in [7, 11) is -4.13. The highest BCUT2D eigenvalue weighted by Gasteiger charge is 2.44. The number of fused-ring (bicyclic) bond motifs is 1. The number of aliphatic hydroxyl groups is 1. The van der Waals surface area contributed by atoms with Crippen LogP contribution in [0.5, 0.6) is 5.75 Å². The summed E-state index contributed by atoms with van der Waals surface area (Å²) in [6.07, 6.45) is -1.32. The van der Waals surface area contributed by atoms with E-state index >= 15 is 0 Å². The zero-order chi connectivity index (χ0) is 30.3. The summed E-state index contributed by atoms with van der Waals surface area (Å²) < 4.78 is 45.5. The molecule has 2 heterocycles. The molecule has 2 fully saturated rings. The molecule has 5 unspecified atom stereocenters. The van der Waals surface area contributed by atoms with E-state index in [1.165, 1.54) is 28.6 Å². The number of nitriles is 1. The van der Waals surface area contributed by atoms with Crippen molar-refractivity contribution in [2.75, 3.05) is 26.3 Å². The first kappa shape index (κ1) is 31.7. The van der Waals surface area contributed by atoms with E-state index < -0.39 is 46.1 Å². The van der Waals surface area contributed by atoms with Gasteiger partial charge in [0.25, 0.3) is 0 Å². The molecule has 5 atom stereocenters. The van der Waals surface area contributed by atoms with Gasteiger partial charge in [0, 0.05) is 19.5 Å². The Morgan fingerprint density at radius 2 is 1.90 bits per heavy atom. The van der Waals surface area contributed by atoms with Gasteiger partial charge in [-0.05, 0) is 54.5 Å². The summed E-state index contributed by atoms with van der Waals surface area (Å²) in [4.78, 5) is 13.0. The van der Waals surface area contributed by atoms with Gasteiger partial charge in [-0.25, -0.2) is 13.2 Å². The first-order chi connectivity index (χ1) is 20.0. The van der Waals surface area contributed by atoms with Crippen LogP contribution in [0.1, 0.15) is 38.7 Å². The maximum Gasteiger partial charge on any atom is 0.407 e. The van der Waals surface area contributed by atoms with E-state index in [-0.39, 0.29) is 49.1 Å². The first-order valence-electron chi connectivity index (χ1n) is 14.1. The molecular formula is C30H39N3O8S. The largest absolute Gasteiger partial charge is 0.508 e. The highest BCUT2D eigenvalue weighted by atomic mass is 32.2. The van der Waals surface area contributed by atoms with E-state index in [1.807, 2.05) is 44.2 Å². The van der Waals surface area contributed by atoms with Crippen molar-refractivity contribution in [1.29, 1.82) is 5.26 Å². The summed E-state index contributed by atoms with van der Waals surface area (Å²) in [5.74, 6) is -0.140. The number of hydrogen-bond donors (Lipinski definition) is 3. The minimum atomic E-state index is -4.13. The molecule has 2 aromatic rings. The molecular weight excluding hydrogens is 562 g/mol. The van der Waals surface area contributed by atoms with Crippen LogP contribution in [-0.2, 0) is 30.7 Å². The molecule has 228 valence electrons. The number of amides is 1. The molecule has 2 saturated heterocycles. The summed E-state index contributed by atoms with van der Waals surface area (Å²) in [6, 6.07) is 15.6. The number of aliphatic hydroxyl groups excluding tert-OH is 1. The number of phenolic OH excluding ortho intramolecular Hbond substituents is 1. The number of benzene rings is 2. The van der Waals surface area contributed by atoms with Crippen molar-refractivity contribution in [3.05, 3.63) is 60.2 Å². The molecule has 0 aromatic heterocycles. The molecule has 11 nitrogen and oxygen atoms in total. The van der Waals surface area contributed by atoms with E-state index in [0.717, 1.165) is 5.56 Å². The van der Waals surface area contributed by atoms with Gasteiger partial charge in [-0.2, -0.15) is 9.57 Å². The van der Waals surface area contributed by atoms with E-state index in [1.54, 1.807) is 0 Å². The molecule has 1 amide bonds. The average Bonchev–Trinajstić information content (AvgIpc) is 3.57. The Bertz CT molecular complexity index is 1330. The van der Waals surface area contributed by atoms with Crippen LogP contribution in [0.2, 0.25) is 0 Å². The van der Waals surface area contributed by atoms with Crippen LogP contribution >= 0.6 is 0 Å². The predicted octanol–water partition coefficient (Wildman–Crippen LogP) is 3.17. The molecule has 0 aliphatic carbocycles. The lowest BCUT2D eigenvalue weighted by Crippen LogP contribution is -2.52. The normalized spacial score (nSPS) is 21.8. The number of carbonyl (C=O) groups is 1. The van der Waals surface area contributed by atoms with Gasteiger partial charge in [0.1, 0.15) is 11.9 Å². The quantitative estimate of drug-likeness (QED) is 0.314. The molecule has 0 radical (unpaired) electrons. The van der Waals surface area contributed by atoms with Crippen molar-refractivity contribution in [2.45, 2.75) is 69.0 Å². The number of hydrogen-bond acceptors (Lipinski definition) is 9. The monoisotopic (exact) mass is 601 g/mol. The van der Waals surface area contributed by atoms with Crippen LogP contribution in [-0.4, -0.2) is 79.9 Å². The second-order valence-corrected chi connectivity index (χ2v) is 13.5. The third-order valence-electron chi connectivity index (χ3n) is 7.69. The third-order valence-corrected chi connectivity index (χ3v) is 9.52. The predicted molar refractivity (Wildman–Crippen MR) is 153 cm³/mol. The van der Waals surface area contributed by atoms with Gasteiger partial charge >= 0.3 is 6.09 Å². The lowest BCUT2D eigenvalue weighted by Gasteiger charge is -2.34. The molecule has 2 aromatic carbocycles. The fourth-order valence-corrected chi connectivity index (χ4v) is 6.97. The van der Waals surface area contributed by atoms with Crippen molar-refractivity contribution in [1.82, 2.24) is 9.62 Å². The van der Waals surface area contributed by atoms with Gasteiger partial charge in [0.15, 0.2) is 6.29 Å². The first-order valence-corrected chi connectivity index (χ1v) is 15.5. The fraction of sp³-hybridized carbons (Fsp3) is 0.533. The number of rotatable bonds is 13. The van der Waals surface area contributed by atoms with Crippen LogP contribution < -0.4 is 5.32 Å². The third kappa shape index (κ3) is 8.20. The van der Waals surface area contributed by atoms with Crippen molar-refractivity contribution in [3.8, 4) is 11.8 Å². The van der Waals surface area contributed by atoms with Gasteiger partial charge in [0.2, 0.25) is 10.0 Å². The highest BCUT2D eigenvalue weighted by molar-refractivity contribution is 7.89. The van der Waals surface area contributed by atoms with Crippen molar-refractivity contribution < 1.29 is 37.6 Å². The molecule has 2 aliphatic rings. The van der Waals surface area contributed by atoms with E-state index in [2.05, 4.69) is 11.4 Å². The van der Waals surface area contributed by atoms with Crippen molar-refractivity contribution in [3.63, 3.8) is 0 Å². The molecule has 4 rings (SSSR count). The lowest BCUT2D eigenvalue weighted by molar-refractivity contribution is -0.0907. The molecule has 2 aliphatic heterocycles. The minimum absolute atomic E-state index is 0.0138. The molecule has 3 N–H and O–H groups in total. The Morgan fingerprint density at radius 3 is 2.60 bits per heavy atom. The Morgan fingerprint density at radius 1 is 1.19 bits per heavy atom. The number of aromatic hydroxyl groups is 1. The zero-order valence-electron chi connectivity index (χ0n) is 23.9. The van der Waals surface area contributed by atoms with Gasteiger partial charge in [-0.15, -0.1) is 0 Å². The fourth-order valence-electron chi connectivity index (χ4n) is 5.32. The van der Waals surface area contributed by atoms with Crippen LogP contribution in [0.3, 0.4) is 0 Å². The Kier molecular flexibility index (Phi) is 10.5. The number of nitrogens with one attached hydrogen (secondary N) is 1. The highest BCUT2D eigenvalue weighted by Crippen LogP contribution is 2.33. The smallest absolute Gasteiger partial charge is 0.407 e. The topological polar surface area (TPSA) is 158 Å². The van der Waals surface area contributed by atoms with E-state index in [0.29, 0.717) is 19.4 Å².